The number of nitrogens with zero attached hydrogens (tertiary/aromatic N) is 3. The maximum atomic E-state index is 6.79. The van der Waals surface area contributed by atoms with Crippen LogP contribution in [-0.4, -0.2) is 15.0 Å². The van der Waals surface area contributed by atoms with E-state index in [9.17, 15) is 0 Å². The molecule has 4 heteroatoms. The normalized spacial score (nSPS) is 14.2. The zero-order chi connectivity index (χ0) is 35.1. The number of rotatable bonds is 6. The molecule has 7 aromatic carbocycles. The fourth-order valence-corrected chi connectivity index (χ4v) is 7.71. The molecule has 250 valence electrons. The molecule has 1 unspecified atom stereocenters. The summed E-state index contributed by atoms with van der Waals surface area (Å²) in [7, 11) is 0. The van der Waals surface area contributed by atoms with Gasteiger partial charge in [0, 0.05) is 39.0 Å². The van der Waals surface area contributed by atoms with Crippen LogP contribution in [-0.2, 0) is 0 Å². The molecule has 10 rings (SSSR count). The summed E-state index contributed by atoms with van der Waals surface area (Å²) in [5.74, 6) is 2.22. The maximum Gasteiger partial charge on any atom is 0.164 e. The van der Waals surface area contributed by atoms with Gasteiger partial charge in [0.15, 0.2) is 17.5 Å². The highest BCUT2D eigenvalue weighted by Gasteiger charge is 2.23. The molecule has 1 aliphatic rings. The van der Waals surface area contributed by atoms with Crippen LogP contribution in [0.2, 0.25) is 0 Å². The van der Waals surface area contributed by atoms with E-state index in [4.69, 9.17) is 19.4 Å². The van der Waals surface area contributed by atoms with Gasteiger partial charge in [-0.2, -0.15) is 0 Å². The molecular weight excluding hydrogens is 647 g/mol. The fraction of sp³-hybridized carbons (Fsp3) is 0.0408. The number of para-hydroxylation sites is 1. The lowest BCUT2D eigenvalue weighted by Crippen LogP contribution is -2.05. The molecular formula is C49H33N3O. The summed E-state index contributed by atoms with van der Waals surface area (Å²) in [5, 5.41) is 4.38. The van der Waals surface area contributed by atoms with Crippen molar-refractivity contribution in [3.05, 3.63) is 193 Å². The third-order valence-electron chi connectivity index (χ3n) is 10.3. The lowest BCUT2D eigenvalue weighted by Gasteiger charge is -2.17. The summed E-state index contributed by atoms with van der Waals surface area (Å²) in [6, 6.07) is 57.0. The van der Waals surface area contributed by atoms with Crippen LogP contribution in [0.25, 0.3) is 83.3 Å². The van der Waals surface area contributed by atoms with E-state index in [1.165, 1.54) is 27.5 Å². The second-order valence-corrected chi connectivity index (χ2v) is 13.5. The number of hydrogen-bond donors (Lipinski definition) is 0. The summed E-state index contributed by atoms with van der Waals surface area (Å²) < 4.78 is 6.79. The summed E-state index contributed by atoms with van der Waals surface area (Å²) in [4.78, 5) is 15.4. The topological polar surface area (TPSA) is 51.8 Å². The van der Waals surface area contributed by atoms with Crippen molar-refractivity contribution < 1.29 is 4.42 Å². The summed E-state index contributed by atoms with van der Waals surface area (Å²) in [6.45, 7) is 0. The molecule has 0 bridgehead atoms. The largest absolute Gasteiger partial charge is 0.455 e. The summed E-state index contributed by atoms with van der Waals surface area (Å²) >= 11 is 0. The zero-order valence-electron chi connectivity index (χ0n) is 28.9. The van der Waals surface area contributed by atoms with Gasteiger partial charge in [-0.3, -0.25) is 0 Å². The Morgan fingerprint density at radius 1 is 0.453 bits per heavy atom. The van der Waals surface area contributed by atoms with Crippen LogP contribution in [0, 0.1) is 0 Å². The van der Waals surface area contributed by atoms with Crippen LogP contribution >= 0.6 is 0 Å². The molecule has 0 fully saturated rings. The van der Waals surface area contributed by atoms with Gasteiger partial charge in [0.1, 0.15) is 11.2 Å². The van der Waals surface area contributed by atoms with Crippen molar-refractivity contribution in [1.29, 1.82) is 0 Å². The highest BCUT2D eigenvalue weighted by Crippen LogP contribution is 2.44. The minimum Gasteiger partial charge on any atom is -0.455 e. The van der Waals surface area contributed by atoms with E-state index in [2.05, 4.69) is 152 Å². The first-order valence-electron chi connectivity index (χ1n) is 18.1. The molecule has 4 nitrogen and oxygen atoms in total. The quantitative estimate of drug-likeness (QED) is 0.175. The highest BCUT2D eigenvalue weighted by atomic mass is 16.3. The minimum atomic E-state index is 0.317. The van der Waals surface area contributed by atoms with Crippen LogP contribution in [0.1, 0.15) is 23.7 Å². The van der Waals surface area contributed by atoms with E-state index in [-0.39, 0.29) is 0 Å². The Bertz CT molecular complexity index is 2850. The number of furan rings is 1. The average molecular weight is 680 g/mol. The number of fused-ring (bicyclic) bond motifs is 4. The molecule has 1 aliphatic carbocycles. The Hall–Kier alpha value is -6.91. The predicted molar refractivity (Wildman–Crippen MR) is 217 cm³/mol. The van der Waals surface area contributed by atoms with E-state index < -0.39 is 0 Å². The lowest BCUT2D eigenvalue weighted by atomic mass is 9.90. The highest BCUT2D eigenvalue weighted by molar-refractivity contribution is 6.18. The predicted octanol–water partition coefficient (Wildman–Crippen LogP) is 12.7. The summed E-state index contributed by atoms with van der Waals surface area (Å²) in [5.41, 5.74) is 10.3. The molecule has 0 saturated heterocycles. The molecule has 0 radical (unpaired) electrons. The van der Waals surface area contributed by atoms with Gasteiger partial charge in [0.25, 0.3) is 0 Å². The van der Waals surface area contributed by atoms with Crippen LogP contribution in [0.4, 0.5) is 0 Å². The van der Waals surface area contributed by atoms with E-state index in [0.29, 0.717) is 23.4 Å². The Balaban J connectivity index is 1.16. The van der Waals surface area contributed by atoms with Crippen molar-refractivity contribution in [3.8, 4) is 45.0 Å². The van der Waals surface area contributed by atoms with Crippen molar-refractivity contribution in [2.45, 2.75) is 12.3 Å². The standard InChI is InChI=1S/C49H33N3O/c1-4-14-32(15-5-1)33-24-26-36(27-25-33)48-50-47(35-18-8-3-9-19-35)51-49(52-48)43-31-30-41(46-45(43)42-22-12-13-23-44(42)53-46)40-29-28-37(34-16-6-2-7-17-34)38-20-10-11-21-39(38)40/h1-24,26-31,33H,25H2. The zero-order valence-corrected chi connectivity index (χ0v) is 28.9. The molecule has 0 amide bonds. The Kier molecular flexibility index (Phi) is 7.58. The van der Waals surface area contributed by atoms with Gasteiger partial charge in [0.2, 0.25) is 0 Å². The molecule has 2 aromatic heterocycles. The van der Waals surface area contributed by atoms with Crippen LogP contribution in [0.3, 0.4) is 0 Å². The Labute approximate surface area is 307 Å². The van der Waals surface area contributed by atoms with Gasteiger partial charge >= 0.3 is 0 Å². The van der Waals surface area contributed by atoms with Gasteiger partial charge in [-0.25, -0.2) is 15.0 Å². The third kappa shape index (κ3) is 5.53. The first-order valence-corrected chi connectivity index (χ1v) is 18.1. The van der Waals surface area contributed by atoms with Gasteiger partial charge < -0.3 is 4.42 Å². The van der Waals surface area contributed by atoms with Crippen molar-refractivity contribution in [3.63, 3.8) is 0 Å². The fourth-order valence-electron chi connectivity index (χ4n) is 7.71. The minimum absolute atomic E-state index is 0.317. The Morgan fingerprint density at radius 2 is 1.02 bits per heavy atom. The number of hydrogen-bond acceptors (Lipinski definition) is 4. The van der Waals surface area contributed by atoms with Crippen LogP contribution < -0.4 is 0 Å². The van der Waals surface area contributed by atoms with Gasteiger partial charge in [-0.1, -0.05) is 164 Å². The third-order valence-corrected chi connectivity index (χ3v) is 10.3. The number of benzene rings is 7. The Morgan fingerprint density at radius 3 is 1.75 bits per heavy atom. The number of allylic oxidation sites excluding steroid dienone is 4. The monoisotopic (exact) mass is 679 g/mol. The smallest absolute Gasteiger partial charge is 0.164 e. The average Bonchev–Trinajstić information content (AvgIpc) is 3.64. The second-order valence-electron chi connectivity index (χ2n) is 13.5. The number of aromatic nitrogens is 3. The second kappa shape index (κ2) is 13.0. The first kappa shape index (κ1) is 30.9. The molecule has 2 heterocycles. The first-order chi connectivity index (χ1) is 26.3. The van der Waals surface area contributed by atoms with Crippen molar-refractivity contribution in [2.75, 3.05) is 0 Å². The van der Waals surface area contributed by atoms with Crippen molar-refractivity contribution >= 4 is 38.3 Å². The van der Waals surface area contributed by atoms with E-state index in [1.54, 1.807) is 0 Å². The van der Waals surface area contributed by atoms with E-state index >= 15 is 0 Å². The molecule has 0 saturated carbocycles. The molecule has 1 atom stereocenters. The lowest BCUT2D eigenvalue weighted by molar-refractivity contribution is 0.670. The van der Waals surface area contributed by atoms with Crippen LogP contribution in [0.5, 0.6) is 0 Å². The van der Waals surface area contributed by atoms with Gasteiger partial charge in [-0.05, 0) is 57.6 Å². The van der Waals surface area contributed by atoms with E-state index in [1.807, 2.05) is 30.3 Å². The SMILES string of the molecule is C1=CC(c2ccccc2)CC=C1c1nc(-c2ccccc2)nc(-c2ccc(-c3ccc(-c4ccccc4)c4ccccc34)c3oc4ccccc4c23)n1. The molecule has 0 aliphatic heterocycles. The van der Waals surface area contributed by atoms with Crippen LogP contribution in [0.15, 0.2) is 186 Å². The summed E-state index contributed by atoms with van der Waals surface area (Å²) in [6.07, 6.45) is 7.55. The maximum absolute atomic E-state index is 6.79. The molecule has 0 spiro atoms. The van der Waals surface area contributed by atoms with Crippen molar-refractivity contribution in [2.24, 2.45) is 0 Å². The van der Waals surface area contributed by atoms with Gasteiger partial charge in [-0.15, -0.1) is 0 Å². The molecule has 9 aromatic rings. The van der Waals surface area contributed by atoms with Gasteiger partial charge in [0.05, 0.1) is 0 Å². The van der Waals surface area contributed by atoms with E-state index in [0.717, 1.165) is 56.2 Å². The molecule has 53 heavy (non-hydrogen) atoms. The molecule has 0 N–H and O–H groups in total. The van der Waals surface area contributed by atoms with Crippen molar-refractivity contribution in [1.82, 2.24) is 15.0 Å².